The molecule has 0 radical (unpaired) electrons. The quantitative estimate of drug-likeness (QED) is 0.166. The molecule has 0 amide bonds. The second kappa shape index (κ2) is 12.8. The number of benzene rings is 9. The van der Waals surface area contributed by atoms with Crippen LogP contribution in [0.5, 0.6) is 0 Å². The van der Waals surface area contributed by atoms with Crippen LogP contribution in [0.3, 0.4) is 0 Å². The highest BCUT2D eigenvalue weighted by atomic mass is 32.1. The Labute approximate surface area is 321 Å². The number of aromatic nitrogens is 3. The van der Waals surface area contributed by atoms with E-state index in [-0.39, 0.29) is 0 Å². The first kappa shape index (κ1) is 31.5. The smallest absolute Gasteiger partial charge is 0.164 e. The second-order valence-corrected chi connectivity index (χ2v) is 15.1. The summed E-state index contributed by atoms with van der Waals surface area (Å²) in [7, 11) is 0. The molecule has 4 heteroatoms. The van der Waals surface area contributed by atoms with Gasteiger partial charge in [-0.2, -0.15) is 0 Å². The van der Waals surface area contributed by atoms with E-state index in [1.807, 2.05) is 0 Å². The van der Waals surface area contributed by atoms with Gasteiger partial charge in [-0.15, -0.1) is 11.3 Å². The van der Waals surface area contributed by atoms with Crippen LogP contribution in [-0.4, -0.2) is 15.0 Å². The van der Waals surface area contributed by atoms with E-state index in [4.69, 9.17) is 15.0 Å². The van der Waals surface area contributed by atoms with E-state index in [9.17, 15) is 0 Å². The molecule has 0 aliphatic heterocycles. The molecule has 0 fully saturated rings. The Morgan fingerprint density at radius 1 is 0.291 bits per heavy atom. The van der Waals surface area contributed by atoms with Crippen LogP contribution in [0.25, 0.3) is 109 Å². The van der Waals surface area contributed by atoms with Crippen LogP contribution in [0, 0.1) is 0 Å². The number of fused-ring (bicyclic) bond motifs is 7. The first-order chi connectivity index (χ1) is 27.2. The molecule has 0 aliphatic carbocycles. The summed E-state index contributed by atoms with van der Waals surface area (Å²) in [6.07, 6.45) is 0. The molecule has 2 aromatic heterocycles. The Hall–Kier alpha value is -7.01. The van der Waals surface area contributed by atoms with Gasteiger partial charge in [-0.05, 0) is 84.9 Å². The van der Waals surface area contributed by atoms with E-state index in [2.05, 4.69) is 188 Å². The van der Waals surface area contributed by atoms with Crippen LogP contribution in [0.2, 0.25) is 0 Å². The standard InChI is InChI=1S/C51H31N3S/c1-2-11-36-29-38(25-23-32(36)9-1)34-21-19-33(20-22-34)37-12-7-13-40(30-37)49-52-50(41-27-28-43-39(31-41)26-24-35-10-3-4-14-42(35)43)54-51(53-49)45-16-8-18-47-48(45)44-15-5-6-17-46(44)55-47/h1-31H. The molecule has 2 heterocycles. The molecule has 0 saturated carbocycles. The topological polar surface area (TPSA) is 38.7 Å². The predicted molar refractivity (Wildman–Crippen MR) is 232 cm³/mol. The molecule has 9 aromatic carbocycles. The largest absolute Gasteiger partial charge is 0.208 e. The Balaban J connectivity index is 1.04. The van der Waals surface area contributed by atoms with Crippen molar-refractivity contribution in [1.82, 2.24) is 15.0 Å². The molecule has 11 rings (SSSR count). The molecule has 0 unspecified atom stereocenters. The minimum atomic E-state index is 0.643. The number of thiophene rings is 1. The van der Waals surface area contributed by atoms with E-state index in [1.165, 1.54) is 58.2 Å². The third kappa shape index (κ3) is 5.54. The van der Waals surface area contributed by atoms with E-state index in [1.54, 1.807) is 11.3 Å². The van der Waals surface area contributed by atoms with Crippen molar-refractivity contribution in [2.45, 2.75) is 0 Å². The molecule has 55 heavy (non-hydrogen) atoms. The maximum atomic E-state index is 5.24. The highest BCUT2D eigenvalue weighted by molar-refractivity contribution is 7.25. The lowest BCUT2D eigenvalue weighted by molar-refractivity contribution is 1.08. The third-order valence-electron chi connectivity index (χ3n) is 10.7. The van der Waals surface area contributed by atoms with Gasteiger partial charge in [0.15, 0.2) is 17.5 Å². The SMILES string of the molecule is c1cc(-c2ccc(-c3ccc4ccccc4c3)cc2)cc(-c2nc(-c3ccc4c(ccc5ccccc54)c3)nc(-c3cccc4sc5ccccc5c34)n2)c1. The zero-order valence-electron chi connectivity index (χ0n) is 29.6. The molecule has 3 nitrogen and oxygen atoms in total. The van der Waals surface area contributed by atoms with Gasteiger partial charge in [0.2, 0.25) is 0 Å². The van der Waals surface area contributed by atoms with E-state index in [0.717, 1.165) is 33.2 Å². The summed E-state index contributed by atoms with van der Waals surface area (Å²) in [5, 5.41) is 9.72. The first-order valence-corrected chi connectivity index (χ1v) is 19.3. The molecular formula is C51H31N3S. The lowest BCUT2D eigenvalue weighted by Gasteiger charge is -2.12. The van der Waals surface area contributed by atoms with Crippen molar-refractivity contribution in [1.29, 1.82) is 0 Å². The van der Waals surface area contributed by atoms with Crippen LogP contribution >= 0.6 is 11.3 Å². The molecule has 0 N–H and O–H groups in total. The summed E-state index contributed by atoms with van der Waals surface area (Å²) >= 11 is 1.80. The van der Waals surface area contributed by atoms with E-state index in [0.29, 0.717) is 17.5 Å². The van der Waals surface area contributed by atoms with Crippen molar-refractivity contribution >= 4 is 63.8 Å². The van der Waals surface area contributed by atoms with Gasteiger partial charge >= 0.3 is 0 Å². The maximum Gasteiger partial charge on any atom is 0.164 e. The average molecular weight is 718 g/mol. The summed E-state index contributed by atoms with van der Waals surface area (Å²) in [6, 6.07) is 67.0. The first-order valence-electron chi connectivity index (χ1n) is 18.5. The van der Waals surface area contributed by atoms with Gasteiger partial charge < -0.3 is 0 Å². The van der Waals surface area contributed by atoms with Crippen LogP contribution in [0.15, 0.2) is 188 Å². The molecule has 0 aliphatic rings. The molecular weight excluding hydrogens is 687 g/mol. The Morgan fingerprint density at radius 3 is 1.65 bits per heavy atom. The number of hydrogen-bond donors (Lipinski definition) is 0. The number of nitrogens with zero attached hydrogens (tertiary/aromatic N) is 3. The fraction of sp³-hybridized carbons (Fsp3) is 0. The summed E-state index contributed by atoms with van der Waals surface area (Å²) in [4.78, 5) is 15.7. The zero-order chi connectivity index (χ0) is 36.3. The summed E-state index contributed by atoms with van der Waals surface area (Å²) in [5.74, 6) is 1.96. The monoisotopic (exact) mass is 717 g/mol. The van der Waals surface area contributed by atoms with Gasteiger partial charge in [-0.3, -0.25) is 0 Å². The fourth-order valence-electron chi connectivity index (χ4n) is 7.93. The third-order valence-corrected chi connectivity index (χ3v) is 11.8. The fourth-order valence-corrected chi connectivity index (χ4v) is 9.06. The number of rotatable bonds is 5. The number of hydrogen-bond acceptors (Lipinski definition) is 4. The van der Waals surface area contributed by atoms with Crippen molar-refractivity contribution in [2.75, 3.05) is 0 Å². The Kier molecular flexibility index (Phi) is 7.35. The molecule has 256 valence electrons. The molecule has 0 atom stereocenters. The second-order valence-electron chi connectivity index (χ2n) is 14.0. The summed E-state index contributed by atoms with van der Waals surface area (Å²) in [6.45, 7) is 0. The molecule has 0 spiro atoms. The van der Waals surface area contributed by atoms with Gasteiger partial charge in [0, 0.05) is 36.9 Å². The van der Waals surface area contributed by atoms with Crippen LogP contribution in [0.4, 0.5) is 0 Å². The molecule has 0 saturated heterocycles. The van der Waals surface area contributed by atoms with Crippen LogP contribution in [0.1, 0.15) is 0 Å². The van der Waals surface area contributed by atoms with Crippen molar-refractivity contribution in [3.8, 4) is 56.4 Å². The Morgan fingerprint density at radius 2 is 0.818 bits per heavy atom. The maximum absolute atomic E-state index is 5.24. The van der Waals surface area contributed by atoms with Crippen molar-refractivity contribution < 1.29 is 0 Å². The predicted octanol–water partition coefficient (Wildman–Crippen LogP) is 14.0. The van der Waals surface area contributed by atoms with Crippen molar-refractivity contribution in [3.63, 3.8) is 0 Å². The van der Waals surface area contributed by atoms with Crippen LogP contribution < -0.4 is 0 Å². The van der Waals surface area contributed by atoms with E-state index < -0.39 is 0 Å². The zero-order valence-corrected chi connectivity index (χ0v) is 30.5. The average Bonchev–Trinajstić information content (AvgIpc) is 3.65. The lowest BCUT2D eigenvalue weighted by atomic mass is 9.97. The highest BCUT2D eigenvalue weighted by Gasteiger charge is 2.18. The van der Waals surface area contributed by atoms with Gasteiger partial charge in [-0.25, -0.2) is 15.0 Å². The minimum Gasteiger partial charge on any atom is -0.208 e. The van der Waals surface area contributed by atoms with Gasteiger partial charge in [0.25, 0.3) is 0 Å². The highest BCUT2D eigenvalue weighted by Crippen LogP contribution is 2.40. The normalized spacial score (nSPS) is 11.6. The van der Waals surface area contributed by atoms with Gasteiger partial charge in [0.05, 0.1) is 0 Å². The minimum absolute atomic E-state index is 0.643. The van der Waals surface area contributed by atoms with Gasteiger partial charge in [0.1, 0.15) is 0 Å². The van der Waals surface area contributed by atoms with Gasteiger partial charge in [-0.1, -0.05) is 158 Å². The molecule has 11 aromatic rings. The van der Waals surface area contributed by atoms with E-state index >= 15 is 0 Å². The summed E-state index contributed by atoms with van der Waals surface area (Å²) < 4.78 is 2.47. The van der Waals surface area contributed by atoms with Crippen molar-refractivity contribution in [3.05, 3.63) is 188 Å². The van der Waals surface area contributed by atoms with Crippen molar-refractivity contribution in [2.24, 2.45) is 0 Å². The summed E-state index contributed by atoms with van der Waals surface area (Å²) in [5.41, 5.74) is 7.54. The lowest BCUT2D eigenvalue weighted by Crippen LogP contribution is -2.00. The Bertz CT molecular complexity index is 3270. The van der Waals surface area contributed by atoms with Crippen LogP contribution in [-0.2, 0) is 0 Å². The molecule has 0 bridgehead atoms.